The van der Waals surface area contributed by atoms with Gasteiger partial charge in [0.05, 0.1) is 0 Å². The third-order valence-electron chi connectivity index (χ3n) is 1.31. The second-order valence-electron chi connectivity index (χ2n) is 2.24. The van der Waals surface area contributed by atoms with Crippen LogP contribution in [0.5, 0.6) is 0 Å². The summed E-state index contributed by atoms with van der Waals surface area (Å²) < 4.78 is 35.8. The average molecular weight is 199 g/mol. The Bertz CT molecular complexity index is 246. The van der Waals surface area contributed by atoms with Gasteiger partial charge >= 0.3 is 58.4 Å². The summed E-state index contributed by atoms with van der Waals surface area (Å²) in [4.78, 5) is 0. The normalized spacial score (nSPS) is 10.6. The molecule has 1 aromatic rings. The minimum atomic E-state index is -4.87. The van der Waals surface area contributed by atoms with Gasteiger partial charge in [-0.2, -0.15) is 0 Å². The van der Waals surface area contributed by atoms with Crippen molar-refractivity contribution in [3.05, 3.63) is 24.3 Å². The van der Waals surface area contributed by atoms with Crippen molar-refractivity contribution in [2.45, 2.75) is 0 Å². The first-order chi connectivity index (χ1) is 5.00. The van der Waals surface area contributed by atoms with Gasteiger partial charge in [0.25, 0.3) is 0 Å². The minimum Gasteiger partial charge on any atom is -0.445 e. The molecule has 0 amide bonds. The number of hydrogen-bond acceptors (Lipinski definition) is 1. The zero-order chi connectivity index (χ0) is 8.48. The molecule has 0 unspecified atom stereocenters. The number of anilines is 1. The van der Waals surface area contributed by atoms with E-state index in [9.17, 15) is 12.9 Å². The van der Waals surface area contributed by atoms with Gasteiger partial charge in [-0.3, -0.25) is 0 Å². The van der Waals surface area contributed by atoms with Crippen molar-refractivity contribution in [3.63, 3.8) is 0 Å². The van der Waals surface area contributed by atoms with Crippen LogP contribution >= 0.6 is 0 Å². The zero-order valence-electron chi connectivity index (χ0n) is 6.60. The molecule has 0 saturated carbocycles. The largest absolute Gasteiger partial charge is 1.00 e. The molecule has 12 heavy (non-hydrogen) atoms. The fourth-order valence-electron chi connectivity index (χ4n) is 0.714. The van der Waals surface area contributed by atoms with E-state index in [4.69, 9.17) is 5.73 Å². The summed E-state index contributed by atoms with van der Waals surface area (Å²) in [5.74, 6) is 0. The number of nitrogens with two attached hydrogens (primary N) is 1. The molecule has 60 valence electrons. The third-order valence-corrected chi connectivity index (χ3v) is 1.31. The van der Waals surface area contributed by atoms with Gasteiger partial charge in [-0.1, -0.05) is 12.1 Å². The summed E-state index contributed by atoms with van der Waals surface area (Å²) in [5, 5.41) is 0. The Morgan fingerprint density at radius 2 is 1.42 bits per heavy atom. The molecule has 1 aromatic carbocycles. The van der Waals surface area contributed by atoms with Gasteiger partial charge in [0.15, 0.2) is 0 Å². The standard InChI is InChI=1S/C6H6BF3N.K/c8-7(9,10)5-1-3-6(11)4-2-5;/h1-4H,11H2;/q-1;+1. The van der Waals surface area contributed by atoms with Gasteiger partial charge in [-0.25, -0.2) is 0 Å². The summed E-state index contributed by atoms with van der Waals surface area (Å²) in [5.41, 5.74) is 4.94. The van der Waals surface area contributed by atoms with Crippen LogP contribution in [-0.2, 0) is 0 Å². The van der Waals surface area contributed by atoms with Crippen molar-refractivity contribution in [3.8, 4) is 0 Å². The van der Waals surface area contributed by atoms with Gasteiger partial charge in [0, 0.05) is 5.69 Å². The second-order valence-corrected chi connectivity index (χ2v) is 2.24. The number of benzene rings is 1. The van der Waals surface area contributed by atoms with Crippen LogP contribution < -0.4 is 62.6 Å². The topological polar surface area (TPSA) is 26.0 Å². The van der Waals surface area contributed by atoms with Crippen LogP contribution in [0.15, 0.2) is 24.3 Å². The van der Waals surface area contributed by atoms with Crippen molar-refractivity contribution in [1.82, 2.24) is 0 Å². The molecular weight excluding hydrogens is 193 g/mol. The molecule has 0 bridgehead atoms. The summed E-state index contributed by atoms with van der Waals surface area (Å²) >= 11 is 0. The predicted molar refractivity (Wildman–Crippen MR) is 39.6 cm³/mol. The summed E-state index contributed by atoms with van der Waals surface area (Å²) in [7, 11) is 0. The Kier molecular flexibility index (Phi) is 4.86. The Hall–Kier alpha value is 0.511. The Morgan fingerprint density at radius 1 is 1.00 bits per heavy atom. The van der Waals surface area contributed by atoms with Crippen molar-refractivity contribution in [2.75, 3.05) is 5.73 Å². The van der Waals surface area contributed by atoms with E-state index < -0.39 is 12.4 Å². The van der Waals surface area contributed by atoms with E-state index >= 15 is 0 Å². The number of rotatable bonds is 1. The Morgan fingerprint density at radius 3 is 1.75 bits per heavy atom. The summed E-state index contributed by atoms with van der Waals surface area (Å²) in [6.45, 7) is -4.87. The zero-order valence-corrected chi connectivity index (χ0v) is 9.72. The van der Waals surface area contributed by atoms with Crippen molar-refractivity contribution >= 4 is 18.1 Å². The number of hydrogen-bond donors (Lipinski definition) is 1. The van der Waals surface area contributed by atoms with Gasteiger partial charge in [0.2, 0.25) is 0 Å². The third kappa shape index (κ3) is 3.49. The molecule has 0 heterocycles. The van der Waals surface area contributed by atoms with Crippen LogP contribution in [-0.4, -0.2) is 6.98 Å². The molecule has 0 aliphatic heterocycles. The van der Waals surface area contributed by atoms with Gasteiger partial charge in [0.1, 0.15) is 0 Å². The van der Waals surface area contributed by atoms with E-state index in [0.717, 1.165) is 12.1 Å². The minimum absolute atomic E-state index is 0. The molecule has 0 spiro atoms. The molecule has 0 aliphatic rings. The van der Waals surface area contributed by atoms with Crippen LogP contribution in [0.3, 0.4) is 0 Å². The molecule has 0 radical (unpaired) electrons. The molecule has 0 saturated heterocycles. The van der Waals surface area contributed by atoms with Gasteiger partial charge in [-0.15, -0.1) is 5.46 Å². The summed E-state index contributed by atoms with van der Waals surface area (Å²) in [6, 6.07) is 4.44. The molecule has 0 aliphatic carbocycles. The molecule has 1 rings (SSSR count). The fourth-order valence-corrected chi connectivity index (χ4v) is 0.714. The first-order valence-corrected chi connectivity index (χ1v) is 3.05. The van der Waals surface area contributed by atoms with E-state index in [2.05, 4.69) is 0 Å². The van der Waals surface area contributed by atoms with E-state index in [1.54, 1.807) is 0 Å². The van der Waals surface area contributed by atoms with E-state index in [0.29, 0.717) is 5.69 Å². The molecule has 0 atom stereocenters. The molecule has 1 nitrogen and oxygen atoms in total. The maximum Gasteiger partial charge on any atom is 1.00 e. The van der Waals surface area contributed by atoms with Gasteiger partial charge < -0.3 is 18.7 Å². The second kappa shape index (κ2) is 4.67. The van der Waals surface area contributed by atoms with E-state index in [1.165, 1.54) is 12.1 Å². The smallest absolute Gasteiger partial charge is 0.445 e. The van der Waals surface area contributed by atoms with E-state index in [-0.39, 0.29) is 51.4 Å². The number of nitrogen functional groups attached to an aromatic ring is 1. The quantitative estimate of drug-likeness (QED) is 0.424. The molecule has 0 aromatic heterocycles. The molecular formula is C6H6BF3KN. The molecule has 6 heteroatoms. The Balaban J connectivity index is 0.00000121. The average Bonchev–Trinajstić information content (AvgIpc) is 1.86. The van der Waals surface area contributed by atoms with Crippen molar-refractivity contribution in [1.29, 1.82) is 0 Å². The predicted octanol–water partition coefficient (Wildman–Crippen LogP) is -1.67. The first-order valence-electron chi connectivity index (χ1n) is 3.05. The monoisotopic (exact) mass is 199 g/mol. The fraction of sp³-hybridized carbons (Fsp3) is 0. The van der Waals surface area contributed by atoms with Crippen LogP contribution in [0.25, 0.3) is 0 Å². The van der Waals surface area contributed by atoms with E-state index in [1.807, 2.05) is 0 Å². The van der Waals surface area contributed by atoms with Crippen LogP contribution in [0.2, 0.25) is 0 Å². The van der Waals surface area contributed by atoms with Crippen LogP contribution in [0.1, 0.15) is 0 Å². The van der Waals surface area contributed by atoms with Crippen LogP contribution in [0, 0.1) is 0 Å². The van der Waals surface area contributed by atoms with Crippen LogP contribution in [0.4, 0.5) is 18.6 Å². The molecule has 0 fully saturated rings. The SMILES string of the molecule is Nc1ccc([B-](F)(F)F)cc1.[K+]. The van der Waals surface area contributed by atoms with Crippen molar-refractivity contribution < 1.29 is 64.3 Å². The first kappa shape index (κ1) is 12.5. The van der Waals surface area contributed by atoms with Crippen molar-refractivity contribution in [2.24, 2.45) is 0 Å². The van der Waals surface area contributed by atoms with Gasteiger partial charge in [-0.05, 0) is 12.1 Å². The maximum absolute atomic E-state index is 11.9. The molecule has 2 N–H and O–H groups in total. The number of halogens is 3. The maximum atomic E-state index is 11.9. The Labute approximate surface area is 111 Å². The summed E-state index contributed by atoms with van der Waals surface area (Å²) in [6.07, 6.45) is 0.